The van der Waals surface area contributed by atoms with Crippen LogP contribution in [0.5, 0.6) is 0 Å². The summed E-state index contributed by atoms with van der Waals surface area (Å²) in [5.74, 6) is 0.00464. The van der Waals surface area contributed by atoms with Crippen molar-refractivity contribution < 1.29 is 4.79 Å². The van der Waals surface area contributed by atoms with Gasteiger partial charge in [-0.3, -0.25) is 10.2 Å². The number of fused-ring (bicyclic) bond motifs is 1. The van der Waals surface area contributed by atoms with Crippen molar-refractivity contribution in [1.29, 1.82) is 5.41 Å². The molecule has 0 aliphatic carbocycles. The lowest BCUT2D eigenvalue weighted by Gasteiger charge is -2.05. The number of carbonyl (C=O) groups excluding carboxylic acids is 1. The van der Waals surface area contributed by atoms with Gasteiger partial charge in [0.2, 0.25) is 5.62 Å². The van der Waals surface area contributed by atoms with E-state index in [1.165, 1.54) is 0 Å². The van der Waals surface area contributed by atoms with Crippen LogP contribution in [0.2, 0.25) is 0 Å². The molecule has 0 radical (unpaired) electrons. The third kappa shape index (κ3) is 3.26. The Morgan fingerprint density at radius 1 is 1.08 bits per heavy atom. The van der Waals surface area contributed by atoms with Gasteiger partial charge in [0.25, 0.3) is 0 Å². The lowest BCUT2D eigenvalue weighted by atomic mass is 10.1. The fourth-order valence-electron chi connectivity index (χ4n) is 2.74. The van der Waals surface area contributed by atoms with E-state index in [-0.39, 0.29) is 29.3 Å². The van der Waals surface area contributed by atoms with Crippen LogP contribution in [-0.4, -0.2) is 14.9 Å². The third-order valence-electron chi connectivity index (χ3n) is 3.96. The number of Topliss-reactive ketones (excluding diaryl/α,β-unsaturated/α-hetero) is 1. The standard InChI is InChI=1S/C19H19N3O.BrH/c1-3-12-21-16-6-4-5-7-17(16)22(19(21)20)13-18(23)15-10-8-14(2)9-11-15;/h3-11,20H,1,12-13H2,2H3;1H. The zero-order valence-corrected chi connectivity index (χ0v) is 15.2. The Morgan fingerprint density at radius 3 is 2.25 bits per heavy atom. The lowest BCUT2D eigenvalue weighted by molar-refractivity contribution is 0.0971. The summed E-state index contributed by atoms with van der Waals surface area (Å²) in [5.41, 5.74) is 3.93. The van der Waals surface area contributed by atoms with Gasteiger partial charge >= 0.3 is 0 Å². The summed E-state index contributed by atoms with van der Waals surface area (Å²) in [7, 11) is 0. The van der Waals surface area contributed by atoms with Gasteiger partial charge in [0.1, 0.15) is 0 Å². The molecule has 0 fully saturated rings. The first-order valence-electron chi connectivity index (χ1n) is 7.55. The molecule has 2 aromatic carbocycles. The number of nitrogens with zero attached hydrogens (tertiary/aromatic N) is 2. The number of rotatable bonds is 5. The molecule has 0 saturated carbocycles. The Labute approximate surface area is 151 Å². The first-order chi connectivity index (χ1) is 11.1. The minimum atomic E-state index is 0. The molecule has 124 valence electrons. The molecule has 0 amide bonds. The Morgan fingerprint density at radius 2 is 1.67 bits per heavy atom. The molecule has 3 aromatic rings. The summed E-state index contributed by atoms with van der Waals surface area (Å²) in [6, 6.07) is 15.3. The highest BCUT2D eigenvalue weighted by Crippen LogP contribution is 2.14. The first-order valence-corrected chi connectivity index (χ1v) is 7.55. The van der Waals surface area contributed by atoms with Crippen molar-refractivity contribution in [2.75, 3.05) is 0 Å². The summed E-state index contributed by atoms with van der Waals surface area (Å²) in [4.78, 5) is 12.6. The fourth-order valence-corrected chi connectivity index (χ4v) is 2.74. The topological polar surface area (TPSA) is 50.8 Å². The number of aromatic nitrogens is 2. The minimum absolute atomic E-state index is 0. The van der Waals surface area contributed by atoms with Crippen LogP contribution in [0.25, 0.3) is 11.0 Å². The van der Waals surface area contributed by atoms with Crippen LogP contribution in [0.15, 0.2) is 61.2 Å². The van der Waals surface area contributed by atoms with Crippen molar-refractivity contribution in [2.24, 2.45) is 0 Å². The summed E-state index contributed by atoms with van der Waals surface area (Å²) in [5, 5.41) is 8.39. The zero-order chi connectivity index (χ0) is 16.4. The number of ketones is 1. The van der Waals surface area contributed by atoms with Crippen LogP contribution >= 0.6 is 17.0 Å². The number of benzene rings is 2. The van der Waals surface area contributed by atoms with Crippen molar-refractivity contribution in [1.82, 2.24) is 9.13 Å². The van der Waals surface area contributed by atoms with Crippen LogP contribution in [-0.2, 0) is 13.1 Å². The Bertz CT molecular complexity index is 935. The number of allylic oxidation sites excluding steroid dienone is 1. The summed E-state index contributed by atoms with van der Waals surface area (Å²) >= 11 is 0. The Hall–Kier alpha value is -2.40. The number of para-hydroxylation sites is 2. The summed E-state index contributed by atoms with van der Waals surface area (Å²) in [6.07, 6.45) is 1.76. The van der Waals surface area contributed by atoms with Gasteiger partial charge in [-0.05, 0) is 19.1 Å². The zero-order valence-electron chi connectivity index (χ0n) is 13.5. The van der Waals surface area contributed by atoms with Crippen LogP contribution in [0.4, 0.5) is 0 Å². The highest BCUT2D eigenvalue weighted by Gasteiger charge is 2.13. The van der Waals surface area contributed by atoms with E-state index in [9.17, 15) is 4.79 Å². The molecule has 1 N–H and O–H groups in total. The fraction of sp³-hybridized carbons (Fsp3) is 0.158. The molecule has 0 aliphatic rings. The maximum Gasteiger partial charge on any atom is 0.203 e. The molecule has 24 heavy (non-hydrogen) atoms. The normalized spacial score (nSPS) is 10.4. The largest absolute Gasteiger partial charge is 0.307 e. The molecular weight excluding hydrogens is 366 g/mol. The van der Waals surface area contributed by atoms with Gasteiger partial charge in [0.15, 0.2) is 5.78 Å². The van der Waals surface area contributed by atoms with Gasteiger partial charge in [-0.1, -0.05) is 48.0 Å². The summed E-state index contributed by atoms with van der Waals surface area (Å²) in [6.45, 7) is 6.45. The van der Waals surface area contributed by atoms with Crippen LogP contribution < -0.4 is 5.62 Å². The number of aryl methyl sites for hydroxylation is 1. The lowest BCUT2D eigenvalue weighted by Crippen LogP contribution is -2.27. The van der Waals surface area contributed by atoms with Crippen LogP contribution in [0.1, 0.15) is 15.9 Å². The van der Waals surface area contributed by atoms with Gasteiger partial charge < -0.3 is 9.13 Å². The molecule has 0 spiro atoms. The highest BCUT2D eigenvalue weighted by molar-refractivity contribution is 8.93. The molecule has 5 heteroatoms. The van der Waals surface area contributed by atoms with Crippen molar-refractivity contribution in [3.05, 3.63) is 77.9 Å². The molecular formula is C19H20BrN3O. The van der Waals surface area contributed by atoms with E-state index >= 15 is 0 Å². The number of carbonyl (C=O) groups is 1. The van der Waals surface area contributed by atoms with E-state index in [1.54, 1.807) is 10.6 Å². The second-order valence-corrected chi connectivity index (χ2v) is 5.59. The van der Waals surface area contributed by atoms with E-state index in [2.05, 4.69) is 6.58 Å². The van der Waals surface area contributed by atoms with Gasteiger partial charge in [-0.25, -0.2) is 0 Å². The van der Waals surface area contributed by atoms with Crippen molar-refractivity contribution in [3.8, 4) is 0 Å². The highest BCUT2D eigenvalue weighted by atomic mass is 79.9. The molecule has 0 aliphatic heterocycles. The second-order valence-electron chi connectivity index (χ2n) is 5.59. The molecule has 0 saturated heterocycles. The molecule has 0 unspecified atom stereocenters. The number of halogens is 1. The average molecular weight is 386 g/mol. The van der Waals surface area contributed by atoms with E-state index in [0.29, 0.717) is 17.7 Å². The Balaban J connectivity index is 0.00000208. The minimum Gasteiger partial charge on any atom is -0.307 e. The molecule has 4 nitrogen and oxygen atoms in total. The number of hydrogen-bond acceptors (Lipinski definition) is 2. The van der Waals surface area contributed by atoms with Gasteiger partial charge in [-0.15, -0.1) is 23.6 Å². The predicted octanol–water partition coefficient (Wildman–Crippen LogP) is 3.88. The van der Waals surface area contributed by atoms with Crippen LogP contribution in [0, 0.1) is 12.3 Å². The van der Waals surface area contributed by atoms with Gasteiger partial charge in [-0.2, -0.15) is 0 Å². The van der Waals surface area contributed by atoms with Crippen LogP contribution in [0.3, 0.4) is 0 Å². The molecule has 3 rings (SSSR count). The molecule has 0 bridgehead atoms. The Kier molecular flexibility index (Phi) is 5.57. The van der Waals surface area contributed by atoms with E-state index in [4.69, 9.17) is 5.41 Å². The quantitative estimate of drug-likeness (QED) is 0.525. The second kappa shape index (κ2) is 7.45. The van der Waals surface area contributed by atoms with Gasteiger partial charge in [0, 0.05) is 12.1 Å². The van der Waals surface area contributed by atoms with E-state index in [1.807, 2.05) is 60.0 Å². The molecule has 0 atom stereocenters. The van der Waals surface area contributed by atoms with Crippen molar-refractivity contribution in [3.63, 3.8) is 0 Å². The number of hydrogen-bond donors (Lipinski definition) is 1. The third-order valence-corrected chi connectivity index (χ3v) is 3.96. The SMILES string of the molecule is Br.C=CCn1c(=N)n(CC(=O)c2ccc(C)cc2)c2ccccc21. The average Bonchev–Trinajstić information content (AvgIpc) is 2.82. The smallest absolute Gasteiger partial charge is 0.203 e. The van der Waals surface area contributed by atoms with Gasteiger partial charge in [0.05, 0.1) is 17.6 Å². The monoisotopic (exact) mass is 385 g/mol. The predicted molar refractivity (Wildman–Crippen MR) is 102 cm³/mol. The van der Waals surface area contributed by atoms with E-state index in [0.717, 1.165) is 16.6 Å². The maximum atomic E-state index is 12.6. The number of imidazole rings is 1. The van der Waals surface area contributed by atoms with Crippen molar-refractivity contribution in [2.45, 2.75) is 20.0 Å². The van der Waals surface area contributed by atoms with Crippen molar-refractivity contribution >= 4 is 33.8 Å². The molecule has 1 aromatic heterocycles. The van der Waals surface area contributed by atoms with E-state index < -0.39 is 0 Å². The summed E-state index contributed by atoms with van der Waals surface area (Å²) < 4.78 is 3.60. The number of nitrogens with one attached hydrogen (secondary N) is 1. The molecule has 1 heterocycles. The maximum absolute atomic E-state index is 12.6. The first kappa shape index (κ1) is 17.9.